The molecule has 2 aliphatic rings. The summed E-state index contributed by atoms with van der Waals surface area (Å²) in [5.74, 6) is 1.02. The van der Waals surface area contributed by atoms with Crippen molar-refractivity contribution in [2.45, 2.75) is 45.8 Å². The molecule has 2 bridgehead atoms. The quantitative estimate of drug-likeness (QED) is 0.400. The minimum Gasteiger partial charge on any atom is -0.482 e. The summed E-state index contributed by atoms with van der Waals surface area (Å²) in [6, 6.07) is 6.57. The summed E-state index contributed by atoms with van der Waals surface area (Å²) in [7, 11) is 1.81. The molecule has 3 aromatic heterocycles. The molecule has 0 amide bonds. The topological polar surface area (TPSA) is 83.8 Å². The number of hydrogen-bond acceptors (Lipinski definition) is 5. The van der Waals surface area contributed by atoms with Gasteiger partial charge in [-0.25, -0.2) is 9.37 Å². The van der Waals surface area contributed by atoms with Crippen molar-refractivity contribution in [2.75, 3.05) is 5.73 Å². The van der Waals surface area contributed by atoms with Gasteiger partial charge in [0.1, 0.15) is 17.1 Å². The third-order valence-corrected chi connectivity index (χ3v) is 7.44. The van der Waals surface area contributed by atoms with E-state index in [0.29, 0.717) is 34.5 Å². The van der Waals surface area contributed by atoms with Crippen molar-refractivity contribution >= 4 is 17.4 Å². The van der Waals surface area contributed by atoms with Crippen LogP contribution in [-0.4, -0.2) is 24.5 Å². The second-order valence-electron chi connectivity index (χ2n) is 9.56. The highest BCUT2D eigenvalue weighted by Gasteiger charge is 2.29. The van der Waals surface area contributed by atoms with E-state index in [9.17, 15) is 4.39 Å². The molecule has 6 rings (SSSR count). The fraction of sp³-hybridized carbons (Fsp3) is 0.346. The van der Waals surface area contributed by atoms with E-state index in [4.69, 9.17) is 32.3 Å². The van der Waals surface area contributed by atoms with Crippen LogP contribution in [0.5, 0.6) is 5.75 Å². The Balaban J connectivity index is 1.65. The van der Waals surface area contributed by atoms with E-state index < -0.39 is 6.10 Å². The number of nitrogens with zero attached hydrogens (tertiary/aromatic N) is 5. The molecule has 0 spiro atoms. The van der Waals surface area contributed by atoms with E-state index in [-0.39, 0.29) is 11.6 Å². The highest BCUT2D eigenvalue weighted by atomic mass is 35.5. The third-order valence-electron chi connectivity index (χ3n) is 6.97. The number of pyridine rings is 1. The Morgan fingerprint density at radius 3 is 2.77 bits per heavy atom. The van der Waals surface area contributed by atoms with E-state index in [0.717, 1.165) is 40.2 Å². The molecule has 4 heterocycles. The van der Waals surface area contributed by atoms with Crippen molar-refractivity contribution in [2.24, 2.45) is 13.0 Å². The lowest BCUT2D eigenvalue weighted by atomic mass is 9.94. The minimum atomic E-state index is -0.509. The lowest BCUT2D eigenvalue weighted by Gasteiger charge is -2.21. The molecule has 2 N–H and O–H groups in total. The molecule has 1 atom stereocenters. The molecule has 1 aliphatic heterocycles. The minimum absolute atomic E-state index is 0.281. The zero-order valence-corrected chi connectivity index (χ0v) is 20.6. The first kappa shape index (κ1) is 22.1. The van der Waals surface area contributed by atoms with Crippen molar-refractivity contribution in [3.05, 3.63) is 63.8 Å². The summed E-state index contributed by atoms with van der Waals surface area (Å²) in [4.78, 5) is 4.44. The Kier molecular flexibility index (Phi) is 5.11. The van der Waals surface area contributed by atoms with Crippen LogP contribution in [0.15, 0.2) is 30.5 Å². The van der Waals surface area contributed by atoms with E-state index in [1.165, 1.54) is 25.0 Å². The van der Waals surface area contributed by atoms with Gasteiger partial charge in [-0.05, 0) is 56.9 Å². The number of aromatic nitrogens is 5. The summed E-state index contributed by atoms with van der Waals surface area (Å²) in [5, 5.41) is 10.2. The number of benzene rings is 1. The number of anilines is 1. The maximum Gasteiger partial charge on any atom is 0.166 e. The molecule has 0 saturated heterocycles. The number of fused-ring (bicyclic) bond motifs is 7. The van der Waals surface area contributed by atoms with Gasteiger partial charge in [0.15, 0.2) is 11.6 Å². The Morgan fingerprint density at radius 1 is 1.20 bits per heavy atom. The second-order valence-corrected chi connectivity index (χ2v) is 9.91. The summed E-state index contributed by atoms with van der Waals surface area (Å²) in [5.41, 5.74) is 13.1. The van der Waals surface area contributed by atoms with E-state index in [1.54, 1.807) is 16.9 Å². The first-order valence-electron chi connectivity index (χ1n) is 11.8. The largest absolute Gasteiger partial charge is 0.482 e. The number of ether oxygens (including phenoxy) is 1. The van der Waals surface area contributed by atoms with Gasteiger partial charge in [-0.3, -0.25) is 9.36 Å². The average Bonchev–Trinajstić information content (AvgIpc) is 3.53. The number of nitrogen functional groups attached to an aromatic ring is 1. The normalized spacial score (nSPS) is 17.0. The Bertz CT molecular complexity index is 1470. The monoisotopic (exact) mass is 492 g/mol. The van der Waals surface area contributed by atoms with Gasteiger partial charge in [-0.1, -0.05) is 11.6 Å². The number of nitrogens with two attached hydrogens (primary N) is 1. The Morgan fingerprint density at radius 2 is 2.00 bits per heavy atom. The van der Waals surface area contributed by atoms with Crippen molar-refractivity contribution < 1.29 is 9.13 Å². The number of aryl methyl sites for hydroxylation is 2. The van der Waals surface area contributed by atoms with Gasteiger partial charge in [0.2, 0.25) is 0 Å². The van der Waals surface area contributed by atoms with Crippen molar-refractivity contribution in [3.63, 3.8) is 0 Å². The summed E-state index contributed by atoms with van der Waals surface area (Å²) in [6.07, 6.45) is 4.21. The van der Waals surface area contributed by atoms with Crippen LogP contribution < -0.4 is 10.5 Å². The van der Waals surface area contributed by atoms with Gasteiger partial charge in [0.25, 0.3) is 0 Å². The van der Waals surface area contributed by atoms with E-state index in [1.807, 2.05) is 27.0 Å². The van der Waals surface area contributed by atoms with Crippen molar-refractivity contribution in [1.29, 1.82) is 0 Å². The van der Waals surface area contributed by atoms with Gasteiger partial charge in [-0.15, -0.1) is 0 Å². The highest BCUT2D eigenvalue weighted by Crippen LogP contribution is 2.41. The molecule has 0 radical (unpaired) electrons. The van der Waals surface area contributed by atoms with Crippen LogP contribution in [0.1, 0.15) is 48.3 Å². The fourth-order valence-corrected chi connectivity index (χ4v) is 5.14. The molecule has 0 unspecified atom stereocenters. The molecule has 1 aliphatic carbocycles. The SMILES string of the molecule is Cc1nn(CC2CC2)c2c1Cc1c(nn(C)c1Cl)-c1ccc(F)cc1[C@@H](C)Oc1cc-2cnc1N. The molecule has 4 aromatic rings. The standard InChI is InChI=1S/C26H26ClFN6O/c1-13-19-10-21-23(32-33(3)25(21)27)18-7-6-17(28)9-20(18)14(2)35-22-8-16(11-30-26(22)29)24(19)34(31-13)12-15-4-5-15/h6-9,11,14-15H,4-5,10,12H2,1-3H3,(H2,29,30)/t14-/m1/s1. The molecule has 180 valence electrons. The number of rotatable bonds is 2. The summed E-state index contributed by atoms with van der Waals surface area (Å²) >= 11 is 6.80. The Labute approximate surface area is 207 Å². The second kappa shape index (κ2) is 8.09. The highest BCUT2D eigenvalue weighted by molar-refractivity contribution is 6.30. The molecule has 7 nitrogen and oxygen atoms in total. The lowest BCUT2D eigenvalue weighted by molar-refractivity contribution is 0.227. The van der Waals surface area contributed by atoms with E-state index >= 15 is 0 Å². The molecule has 35 heavy (non-hydrogen) atoms. The molecule has 1 aromatic carbocycles. The van der Waals surface area contributed by atoms with Crippen LogP contribution in [-0.2, 0) is 20.0 Å². The van der Waals surface area contributed by atoms with Crippen LogP contribution in [0.2, 0.25) is 5.15 Å². The zero-order chi connectivity index (χ0) is 24.4. The third kappa shape index (κ3) is 3.76. The molecule has 1 fully saturated rings. The Hall–Kier alpha value is -3.39. The van der Waals surface area contributed by atoms with Gasteiger partial charge in [-0.2, -0.15) is 10.2 Å². The van der Waals surface area contributed by atoms with Crippen LogP contribution in [0.3, 0.4) is 0 Å². The van der Waals surface area contributed by atoms with Crippen LogP contribution in [0.25, 0.3) is 22.5 Å². The predicted octanol–water partition coefficient (Wildman–Crippen LogP) is 5.48. The molecule has 1 saturated carbocycles. The van der Waals surface area contributed by atoms with Crippen LogP contribution in [0, 0.1) is 18.7 Å². The van der Waals surface area contributed by atoms with Gasteiger partial charge in [0.05, 0.1) is 17.1 Å². The lowest BCUT2D eigenvalue weighted by Crippen LogP contribution is -2.10. The van der Waals surface area contributed by atoms with Gasteiger partial charge in [0, 0.05) is 54.0 Å². The van der Waals surface area contributed by atoms with Crippen LogP contribution in [0.4, 0.5) is 10.2 Å². The fourth-order valence-electron chi connectivity index (χ4n) is 4.95. The maximum atomic E-state index is 14.4. The van der Waals surface area contributed by atoms with Crippen molar-refractivity contribution in [3.8, 4) is 28.3 Å². The molecule has 9 heteroatoms. The smallest absolute Gasteiger partial charge is 0.166 e. The van der Waals surface area contributed by atoms with Crippen molar-refractivity contribution in [1.82, 2.24) is 24.5 Å². The van der Waals surface area contributed by atoms with Crippen LogP contribution >= 0.6 is 11.6 Å². The number of halogens is 2. The number of hydrogen-bond donors (Lipinski definition) is 1. The van der Waals surface area contributed by atoms with Gasteiger partial charge >= 0.3 is 0 Å². The summed E-state index contributed by atoms with van der Waals surface area (Å²) in [6.45, 7) is 4.74. The van der Waals surface area contributed by atoms with Gasteiger partial charge < -0.3 is 10.5 Å². The maximum absolute atomic E-state index is 14.4. The zero-order valence-electron chi connectivity index (χ0n) is 19.8. The average molecular weight is 493 g/mol. The molecular weight excluding hydrogens is 467 g/mol. The first-order valence-corrected chi connectivity index (χ1v) is 12.2. The summed E-state index contributed by atoms with van der Waals surface area (Å²) < 4.78 is 24.4. The first-order chi connectivity index (χ1) is 16.8. The predicted molar refractivity (Wildman–Crippen MR) is 133 cm³/mol. The van der Waals surface area contributed by atoms with E-state index in [2.05, 4.69) is 9.67 Å². The molecular formula is C26H26ClFN6O.